The number of hydrogen-bond donors (Lipinski definition) is 0. The summed E-state index contributed by atoms with van der Waals surface area (Å²) in [4.78, 5) is 0. The van der Waals surface area contributed by atoms with E-state index in [0.29, 0.717) is 0 Å². The summed E-state index contributed by atoms with van der Waals surface area (Å²) in [6, 6.07) is 0. The second kappa shape index (κ2) is 2.93. The van der Waals surface area contributed by atoms with E-state index >= 15 is 0 Å². The highest BCUT2D eigenvalue weighted by Gasteiger charge is 2.27. The molecule has 0 aliphatic heterocycles. The molecule has 1 fully saturated rings. The minimum Gasteiger partial charge on any atom is -0.0661 e. The van der Waals surface area contributed by atoms with Crippen LogP contribution < -0.4 is 0 Å². The Labute approximate surface area is 74.7 Å². The maximum absolute atomic E-state index is 2.35. The quantitative estimate of drug-likeness (QED) is 0.509. The molecule has 0 heteroatoms. The molecule has 2 aliphatic rings. The normalized spacial score (nSPS) is 33.8. The zero-order chi connectivity index (χ0) is 8.55. The van der Waals surface area contributed by atoms with E-state index in [2.05, 4.69) is 38.2 Å². The lowest BCUT2D eigenvalue weighted by molar-refractivity contribution is 0.575. The van der Waals surface area contributed by atoms with E-state index in [-0.39, 0.29) is 0 Å². The molecule has 2 unspecified atom stereocenters. The summed E-state index contributed by atoms with van der Waals surface area (Å²) in [5, 5.41) is 0. The van der Waals surface area contributed by atoms with E-state index < -0.39 is 0 Å². The van der Waals surface area contributed by atoms with Crippen molar-refractivity contribution in [2.45, 2.75) is 26.7 Å². The van der Waals surface area contributed by atoms with Gasteiger partial charge in [-0.15, -0.1) is 0 Å². The predicted octanol–water partition coefficient (Wildman–Crippen LogP) is 3.48. The van der Waals surface area contributed by atoms with Crippen molar-refractivity contribution in [2.24, 2.45) is 11.8 Å². The van der Waals surface area contributed by atoms with Crippen molar-refractivity contribution >= 4 is 0 Å². The molecule has 2 aliphatic carbocycles. The van der Waals surface area contributed by atoms with Crippen LogP contribution in [0.5, 0.6) is 0 Å². The smallest absolute Gasteiger partial charge is 0.00131 e. The van der Waals surface area contributed by atoms with Gasteiger partial charge in [0.25, 0.3) is 0 Å². The highest BCUT2D eigenvalue weighted by atomic mass is 14.3. The van der Waals surface area contributed by atoms with Gasteiger partial charge >= 0.3 is 0 Å². The van der Waals surface area contributed by atoms with Crippen LogP contribution in [-0.4, -0.2) is 0 Å². The molecule has 2 atom stereocenters. The molecule has 1 saturated carbocycles. The topological polar surface area (TPSA) is 0 Å². The summed E-state index contributed by atoms with van der Waals surface area (Å²) >= 11 is 0. The third-order valence-electron chi connectivity index (χ3n) is 3.00. The van der Waals surface area contributed by atoms with Crippen molar-refractivity contribution in [3.63, 3.8) is 0 Å². The molecule has 0 aromatic heterocycles. The Balaban J connectivity index is 2.32. The van der Waals surface area contributed by atoms with Crippen LogP contribution in [0.2, 0.25) is 0 Å². The molecule has 0 heterocycles. The Morgan fingerprint density at radius 1 is 1.25 bits per heavy atom. The average molecular weight is 160 g/mol. The van der Waals surface area contributed by atoms with Gasteiger partial charge in [-0.3, -0.25) is 0 Å². The van der Waals surface area contributed by atoms with Gasteiger partial charge in [-0.05, 0) is 25.7 Å². The van der Waals surface area contributed by atoms with Gasteiger partial charge in [0, 0.05) is 5.92 Å². The molecule has 0 aromatic carbocycles. The van der Waals surface area contributed by atoms with Gasteiger partial charge in [0.2, 0.25) is 0 Å². The summed E-state index contributed by atoms with van der Waals surface area (Å²) in [7, 11) is 0. The maximum atomic E-state index is 2.35. The van der Waals surface area contributed by atoms with Crippen LogP contribution in [0.25, 0.3) is 0 Å². The van der Waals surface area contributed by atoms with Crippen molar-refractivity contribution < 1.29 is 0 Å². The molecular formula is C12H16. The van der Waals surface area contributed by atoms with Crippen LogP contribution in [-0.2, 0) is 0 Å². The van der Waals surface area contributed by atoms with Crippen LogP contribution in [0.4, 0.5) is 0 Å². The van der Waals surface area contributed by atoms with Crippen LogP contribution >= 0.6 is 0 Å². The highest BCUT2D eigenvalue weighted by Crippen LogP contribution is 2.40. The Kier molecular flexibility index (Phi) is 1.92. The molecule has 12 heavy (non-hydrogen) atoms. The summed E-state index contributed by atoms with van der Waals surface area (Å²) in [6.07, 6.45) is 11.6. The number of hydrogen-bond acceptors (Lipinski definition) is 0. The van der Waals surface area contributed by atoms with Crippen LogP contribution in [0.15, 0.2) is 35.5 Å². The third-order valence-corrected chi connectivity index (χ3v) is 3.00. The van der Waals surface area contributed by atoms with Gasteiger partial charge in [0.05, 0.1) is 0 Å². The zero-order valence-corrected chi connectivity index (χ0v) is 7.88. The maximum Gasteiger partial charge on any atom is 0.00131 e. The summed E-state index contributed by atoms with van der Waals surface area (Å²) in [5.74, 6) is 1.64. The van der Waals surface area contributed by atoms with E-state index in [1.165, 1.54) is 12.8 Å². The number of rotatable bonds is 0. The molecule has 0 bridgehead atoms. The van der Waals surface area contributed by atoms with Crippen LogP contribution in [0.3, 0.4) is 0 Å². The molecule has 2 rings (SSSR count). The monoisotopic (exact) mass is 160 g/mol. The first-order chi connectivity index (χ1) is 5.77. The van der Waals surface area contributed by atoms with E-state index in [1.807, 2.05) is 0 Å². The van der Waals surface area contributed by atoms with Crippen molar-refractivity contribution in [1.29, 1.82) is 0 Å². The Morgan fingerprint density at radius 3 is 2.83 bits per heavy atom. The number of allylic oxidation sites excluding steroid dienone is 6. The van der Waals surface area contributed by atoms with E-state index in [0.717, 1.165) is 11.8 Å². The largest absolute Gasteiger partial charge is 0.0661 e. The fourth-order valence-corrected chi connectivity index (χ4v) is 2.35. The van der Waals surface area contributed by atoms with Crippen molar-refractivity contribution in [1.82, 2.24) is 0 Å². The molecular weight excluding hydrogens is 144 g/mol. The van der Waals surface area contributed by atoms with Gasteiger partial charge < -0.3 is 0 Å². The van der Waals surface area contributed by atoms with Gasteiger partial charge in [0.1, 0.15) is 0 Å². The fourth-order valence-electron chi connectivity index (χ4n) is 2.35. The molecule has 0 nitrogen and oxygen atoms in total. The number of fused-ring (bicyclic) bond motifs is 1. The lowest BCUT2D eigenvalue weighted by Crippen LogP contribution is -1.97. The second-order valence-corrected chi connectivity index (χ2v) is 4.13. The molecule has 0 aromatic rings. The third kappa shape index (κ3) is 1.26. The Hall–Kier alpha value is -0.780. The SMILES string of the molecule is CC1=CC=CC=C2CC(C)CC12. The van der Waals surface area contributed by atoms with Crippen LogP contribution in [0.1, 0.15) is 26.7 Å². The van der Waals surface area contributed by atoms with Gasteiger partial charge in [-0.2, -0.15) is 0 Å². The van der Waals surface area contributed by atoms with Crippen LogP contribution in [0, 0.1) is 11.8 Å². The lowest BCUT2D eigenvalue weighted by Gasteiger charge is -2.10. The fraction of sp³-hybridized carbons (Fsp3) is 0.500. The second-order valence-electron chi connectivity index (χ2n) is 4.13. The summed E-state index contributed by atoms with van der Waals surface area (Å²) in [5.41, 5.74) is 3.18. The first-order valence-electron chi connectivity index (χ1n) is 4.81. The van der Waals surface area contributed by atoms with Crippen molar-refractivity contribution in [3.05, 3.63) is 35.5 Å². The van der Waals surface area contributed by atoms with Crippen molar-refractivity contribution in [3.8, 4) is 0 Å². The average Bonchev–Trinajstić information content (AvgIpc) is 2.33. The molecule has 0 spiro atoms. The first-order valence-corrected chi connectivity index (χ1v) is 4.81. The lowest BCUT2D eigenvalue weighted by atomic mass is 9.95. The van der Waals surface area contributed by atoms with Gasteiger partial charge in [-0.25, -0.2) is 0 Å². The first kappa shape index (κ1) is 7.85. The summed E-state index contributed by atoms with van der Waals surface area (Å²) in [6.45, 7) is 4.61. The minimum atomic E-state index is 0.759. The van der Waals surface area contributed by atoms with E-state index in [4.69, 9.17) is 0 Å². The molecule has 0 N–H and O–H groups in total. The molecule has 64 valence electrons. The predicted molar refractivity (Wildman–Crippen MR) is 52.9 cm³/mol. The minimum absolute atomic E-state index is 0.759. The van der Waals surface area contributed by atoms with E-state index in [9.17, 15) is 0 Å². The van der Waals surface area contributed by atoms with E-state index in [1.54, 1.807) is 11.1 Å². The standard InChI is InChI=1S/C12H16/c1-9-7-11-6-4-3-5-10(2)12(11)8-9/h3-6,9,12H,7-8H2,1-2H3. The molecule has 0 radical (unpaired) electrons. The van der Waals surface area contributed by atoms with Gasteiger partial charge in [0.15, 0.2) is 0 Å². The molecule has 0 amide bonds. The Morgan fingerprint density at radius 2 is 2.00 bits per heavy atom. The highest BCUT2D eigenvalue weighted by molar-refractivity contribution is 5.33. The summed E-state index contributed by atoms with van der Waals surface area (Å²) < 4.78 is 0. The van der Waals surface area contributed by atoms with Crippen molar-refractivity contribution in [2.75, 3.05) is 0 Å². The van der Waals surface area contributed by atoms with Gasteiger partial charge in [-0.1, -0.05) is 42.4 Å². The molecule has 0 saturated heterocycles. The Bertz CT molecular complexity index is 266. The zero-order valence-electron chi connectivity index (χ0n) is 7.88.